The van der Waals surface area contributed by atoms with E-state index in [2.05, 4.69) is 92.0 Å². The van der Waals surface area contributed by atoms with Crippen LogP contribution in [-0.4, -0.2) is 0 Å². The Kier molecular flexibility index (Phi) is 8.28. The van der Waals surface area contributed by atoms with Gasteiger partial charge in [-0.05, 0) is 35.1 Å². The molecule has 0 fully saturated rings. The van der Waals surface area contributed by atoms with Crippen molar-refractivity contribution in [2.75, 3.05) is 0 Å². The maximum atomic E-state index is 3.77. The highest BCUT2D eigenvalue weighted by Gasteiger charge is 2.13. The molecule has 0 heterocycles. The minimum atomic E-state index is 0.132. The average molecular weight is 326 g/mol. The normalized spacial score (nSPS) is 10.7. The number of hydrogen-bond donors (Lipinski definition) is 0. The summed E-state index contributed by atoms with van der Waals surface area (Å²) in [6, 6.07) is 17.7. The quantitative estimate of drug-likeness (QED) is 0.410. The summed E-state index contributed by atoms with van der Waals surface area (Å²) in [5, 5.41) is 0.132. The Bertz CT molecular complexity index is 571. The minimum absolute atomic E-state index is 0.132. The topological polar surface area (TPSA) is 0 Å². The molecule has 0 spiro atoms. The van der Waals surface area contributed by atoms with Crippen LogP contribution in [0.1, 0.15) is 51.7 Å². The number of aryl methyl sites for hydroxylation is 1. The van der Waals surface area contributed by atoms with E-state index in [1.807, 2.05) is 6.08 Å². The van der Waals surface area contributed by atoms with Crippen LogP contribution in [0.3, 0.4) is 0 Å². The molecule has 0 aromatic heterocycles. The van der Waals surface area contributed by atoms with Gasteiger partial charge in [0.25, 0.3) is 0 Å². The Balaban J connectivity index is 0.000000816. The lowest BCUT2D eigenvalue weighted by molar-refractivity contribution is 0.783. The number of rotatable bonds is 5. The van der Waals surface area contributed by atoms with E-state index in [0.29, 0.717) is 0 Å². The van der Waals surface area contributed by atoms with E-state index in [1.165, 1.54) is 28.7 Å². The van der Waals surface area contributed by atoms with E-state index in [0.717, 1.165) is 12.8 Å². The van der Waals surface area contributed by atoms with Crippen molar-refractivity contribution in [3.05, 3.63) is 72.3 Å². The minimum Gasteiger partial charge on any atom is -0.127 e. The van der Waals surface area contributed by atoms with Crippen LogP contribution in [0.25, 0.3) is 11.1 Å². The molecule has 0 saturated heterocycles. The van der Waals surface area contributed by atoms with Crippen LogP contribution in [0, 0.1) is 0 Å². The van der Waals surface area contributed by atoms with E-state index < -0.39 is 0 Å². The second kappa shape index (κ2) is 9.68. The van der Waals surface area contributed by atoms with Gasteiger partial charge < -0.3 is 0 Å². The van der Waals surface area contributed by atoms with E-state index in [1.54, 1.807) is 0 Å². The molecule has 0 bridgehead atoms. The van der Waals surface area contributed by atoms with Gasteiger partial charge in [0.2, 0.25) is 0 Å². The molecule has 0 aliphatic heterocycles. The molecule has 1 heteroatoms. The number of hydrogen-bond acceptors (Lipinski definition) is 0. The Labute approximate surface area is 145 Å². The van der Waals surface area contributed by atoms with Gasteiger partial charge in [-0.1, -0.05) is 88.7 Å². The van der Waals surface area contributed by atoms with Crippen molar-refractivity contribution in [2.45, 2.75) is 52.1 Å². The van der Waals surface area contributed by atoms with E-state index in [9.17, 15) is 0 Å². The second-order valence-corrected chi connectivity index (χ2v) is 7.97. The van der Waals surface area contributed by atoms with Crippen molar-refractivity contribution in [3.63, 3.8) is 0 Å². The highest BCUT2D eigenvalue weighted by molar-refractivity contribution is 7.18. The van der Waals surface area contributed by atoms with Gasteiger partial charge in [-0.3, -0.25) is 0 Å². The zero-order chi connectivity index (χ0) is 17.3. The first kappa shape index (κ1) is 19.7. The van der Waals surface area contributed by atoms with Crippen LogP contribution in [0.15, 0.2) is 61.2 Å². The third kappa shape index (κ3) is 6.71. The van der Waals surface area contributed by atoms with Crippen LogP contribution >= 0.6 is 9.24 Å². The molecular weight excluding hydrogens is 295 g/mol. The summed E-state index contributed by atoms with van der Waals surface area (Å²) in [5.41, 5.74) is 5.27. The summed E-state index contributed by atoms with van der Waals surface area (Å²) in [4.78, 5) is 0. The van der Waals surface area contributed by atoms with Crippen LogP contribution in [-0.2, 0) is 11.6 Å². The van der Waals surface area contributed by atoms with Crippen molar-refractivity contribution in [3.8, 4) is 11.1 Å². The van der Waals surface area contributed by atoms with Gasteiger partial charge in [0.1, 0.15) is 0 Å². The molecule has 1 atom stereocenters. The molecule has 1 unspecified atom stereocenters. The van der Waals surface area contributed by atoms with Crippen LogP contribution in [0.4, 0.5) is 0 Å². The Morgan fingerprint density at radius 3 is 1.74 bits per heavy atom. The summed E-state index contributed by atoms with van der Waals surface area (Å²) in [6.45, 7) is 12.4. The van der Waals surface area contributed by atoms with E-state index >= 15 is 0 Å². The largest absolute Gasteiger partial charge is 0.127 e. The highest BCUT2D eigenvalue weighted by atomic mass is 31.0. The first-order valence-corrected chi connectivity index (χ1v) is 9.09. The molecule has 0 aliphatic carbocycles. The summed E-state index contributed by atoms with van der Waals surface area (Å²) < 4.78 is 0. The molecule has 0 radical (unpaired) electrons. The second-order valence-electron chi connectivity index (χ2n) is 6.53. The van der Waals surface area contributed by atoms with E-state index in [-0.39, 0.29) is 5.16 Å². The molecule has 0 N–H and O–H groups in total. The van der Waals surface area contributed by atoms with Crippen LogP contribution in [0.5, 0.6) is 0 Å². The maximum Gasteiger partial charge on any atom is 0.00413 e. The summed E-state index contributed by atoms with van der Waals surface area (Å²) in [5.74, 6) is 0. The maximum absolute atomic E-state index is 3.77. The lowest BCUT2D eigenvalue weighted by Gasteiger charge is -2.19. The molecular formula is C22H31P. The molecule has 124 valence electrons. The summed E-state index contributed by atoms with van der Waals surface area (Å²) >= 11 is 0. The van der Waals surface area contributed by atoms with Gasteiger partial charge in [-0.2, -0.15) is 0 Å². The number of allylic oxidation sites excluding steroid dienone is 1. The van der Waals surface area contributed by atoms with Crippen molar-refractivity contribution in [1.82, 2.24) is 0 Å². The van der Waals surface area contributed by atoms with Gasteiger partial charge in [0.05, 0.1) is 0 Å². The van der Waals surface area contributed by atoms with Gasteiger partial charge >= 0.3 is 0 Å². The monoisotopic (exact) mass is 326 g/mol. The zero-order valence-corrected chi connectivity index (χ0v) is 16.3. The third-order valence-electron chi connectivity index (χ3n) is 3.55. The van der Waals surface area contributed by atoms with Crippen LogP contribution < -0.4 is 0 Å². The summed E-state index contributed by atoms with van der Waals surface area (Å²) in [6.07, 6.45) is 5.33. The smallest absolute Gasteiger partial charge is 0.00413 e. The molecule has 0 amide bonds. The van der Waals surface area contributed by atoms with Gasteiger partial charge in [-0.15, -0.1) is 15.8 Å². The first-order chi connectivity index (χ1) is 10.9. The predicted molar refractivity (Wildman–Crippen MR) is 109 cm³/mol. The molecule has 2 aromatic rings. The molecule has 0 saturated carbocycles. The van der Waals surface area contributed by atoms with Crippen molar-refractivity contribution in [1.29, 1.82) is 0 Å². The Morgan fingerprint density at radius 2 is 1.35 bits per heavy atom. The zero-order valence-electron chi connectivity index (χ0n) is 15.1. The molecule has 23 heavy (non-hydrogen) atoms. The predicted octanol–water partition coefficient (Wildman–Crippen LogP) is 7.00. The van der Waals surface area contributed by atoms with Crippen LogP contribution in [0.2, 0.25) is 0 Å². The fourth-order valence-corrected chi connectivity index (χ4v) is 2.42. The summed E-state index contributed by atoms with van der Waals surface area (Å²) in [7, 11) is 2.89. The number of benzene rings is 2. The average Bonchev–Trinajstić information content (AvgIpc) is 2.53. The van der Waals surface area contributed by atoms with Crippen molar-refractivity contribution < 1.29 is 0 Å². The Hall–Kier alpha value is -1.39. The lowest BCUT2D eigenvalue weighted by Crippen LogP contribution is -2.05. The molecule has 0 aliphatic rings. The molecule has 0 nitrogen and oxygen atoms in total. The van der Waals surface area contributed by atoms with E-state index in [4.69, 9.17) is 0 Å². The van der Waals surface area contributed by atoms with Gasteiger partial charge in [0.15, 0.2) is 0 Å². The lowest BCUT2D eigenvalue weighted by atomic mass is 9.97. The third-order valence-corrected chi connectivity index (χ3v) is 3.89. The SMILES string of the molecule is C=CCCc1ccc(-c2ccc(C(C)(C)P)cc2)cc1.CCC. The molecule has 2 aromatic carbocycles. The standard InChI is InChI=1S/C19H23P.C3H8/c1-4-5-6-15-7-9-16(10-8-15)17-11-13-18(14-12-17)19(2,3)20;1-3-2/h4,7-14H,1,5-6,20H2,2-3H3;3H2,1-2H3. The fourth-order valence-electron chi connectivity index (χ4n) is 2.22. The van der Waals surface area contributed by atoms with Crippen molar-refractivity contribution in [2.24, 2.45) is 0 Å². The van der Waals surface area contributed by atoms with Gasteiger partial charge in [-0.25, -0.2) is 0 Å². The fraction of sp³-hybridized carbons (Fsp3) is 0.364. The van der Waals surface area contributed by atoms with Gasteiger partial charge in [0, 0.05) is 5.16 Å². The first-order valence-electron chi connectivity index (χ1n) is 8.52. The Morgan fingerprint density at radius 1 is 0.913 bits per heavy atom. The molecule has 2 rings (SSSR count). The highest BCUT2D eigenvalue weighted by Crippen LogP contribution is 2.31. The van der Waals surface area contributed by atoms with Crippen molar-refractivity contribution >= 4 is 9.24 Å².